The van der Waals surface area contributed by atoms with E-state index >= 15 is 0 Å². The van der Waals surface area contributed by atoms with Crippen molar-refractivity contribution in [2.24, 2.45) is 0 Å². The van der Waals surface area contributed by atoms with Crippen molar-refractivity contribution in [3.8, 4) is 5.75 Å². The van der Waals surface area contributed by atoms with Gasteiger partial charge in [0.05, 0.1) is 12.6 Å². The van der Waals surface area contributed by atoms with E-state index in [0.29, 0.717) is 11.6 Å². The number of rotatable bonds is 3. The lowest BCUT2D eigenvalue weighted by Gasteiger charge is -2.13. The van der Waals surface area contributed by atoms with Crippen LogP contribution in [0.15, 0.2) is 36.4 Å². The van der Waals surface area contributed by atoms with Crippen molar-refractivity contribution in [1.29, 1.82) is 0 Å². The first-order valence-electron chi connectivity index (χ1n) is 6.64. The van der Waals surface area contributed by atoms with E-state index in [1.54, 1.807) is 0 Å². The predicted molar refractivity (Wildman–Crippen MR) is 84.1 cm³/mol. The molecule has 0 radical (unpaired) electrons. The Bertz CT molecular complexity index is 642. The molecule has 0 saturated heterocycles. The van der Waals surface area contributed by atoms with Crippen molar-refractivity contribution < 1.29 is 4.74 Å². The van der Waals surface area contributed by atoms with Crippen LogP contribution in [-0.2, 0) is 6.42 Å². The van der Waals surface area contributed by atoms with E-state index in [-0.39, 0.29) is 6.04 Å². The van der Waals surface area contributed by atoms with Crippen molar-refractivity contribution in [3.63, 3.8) is 0 Å². The van der Waals surface area contributed by atoms with Crippen LogP contribution in [0.4, 0.5) is 5.69 Å². The fraction of sp³-hybridized carbons (Fsp3) is 0.250. The summed E-state index contributed by atoms with van der Waals surface area (Å²) in [6.45, 7) is 2.66. The number of benzene rings is 2. The third kappa shape index (κ3) is 2.58. The van der Waals surface area contributed by atoms with Crippen LogP contribution in [0.25, 0.3) is 0 Å². The normalized spacial score (nSPS) is 16.6. The van der Waals surface area contributed by atoms with E-state index in [4.69, 9.17) is 27.9 Å². The molecule has 1 aliphatic heterocycles. The molecule has 0 amide bonds. The van der Waals surface area contributed by atoms with Gasteiger partial charge in [-0.2, -0.15) is 0 Å². The van der Waals surface area contributed by atoms with Crippen molar-refractivity contribution in [2.75, 3.05) is 11.9 Å². The Morgan fingerprint density at radius 1 is 1.20 bits per heavy atom. The van der Waals surface area contributed by atoms with Crippen LogP contribution in [0.1, 0.15) is 24.1 Å². The Morgan fingerprint density at radius 2 is 2.05 bits per heavy atom. The molecule has 1 N–H and O–H groups in total. The minimum Gasteiger partial charge on any atom is -0.494 e. The molecule has 0 saturated carbocycles. The zero-order chi connectivity index (χ0) is 14.1. The van der Waals surface area contributed by atoms with Gasteiger partial charge in [0, 0.05) is 15.7 Å². The van der Waals surface area contributed by atoms with Crippen LogP contribution in [0.5, 0.6) is 5.75 Å². The van der Waals surface area contributed by atoms with Crippen molar-refractivity contribution >= 4 is 28.9 Å². The first-order chi connectivity index (χ1) is 9.67. The van der Waals surface area contributed by atoms with E-state index in [1.165, 1.54) is 5.56 Å². The molecule has 0 aromatic heterocycles. The smallest absolute Gasteiger partial charge is 0.119 e. The Kier molecular flexibility index (Phi) is 3.77. The number of halogens is 2. The Labute approximate surface area is 128 Å². The molecule has 2 aromatic carbocycles. The molecule has 104 valence electrons. The lowest BCUT2D eigenvalue weighted by atomic mass is 10.0. The largest absolute Gasteiger partial charge is 0.494 e. The molecule has 1 unspecified atom stereocenters. The molecule has 1 atom stereocenters. The van der Waals surface area contributed by atoms with E-state index in [1.807, 2.05) is 31.2 Å². The van der Waals surface area contributed by atoms with Crippen molar-refractivity contribution in [2.45, 2.75) is 19.4 Å². The Morgan fingerprint density at radius 3 is 2.85 bits per heavy atom. The van der Waals surface area contributed by atoms with Gasteiger partial charge in [0.1, 0.15) is 5.75 Å². The molecular weight excluding hydrogens is 293 g/mol. The van der Waals surface area contributed by atoms with Gasteiger partial charge in [-0.25, -0.2) is 0 Å². The molecule has 1 heterocycles. The average molecular weight is 308 g/mol. The lowest BCUT2D eigenvalue weighted by molar-refractivity contribution is 0.340. The number of ether oxygens (including phenoxy) is 1. The second-order valence-corrected chi connectivity index (χ2v) is 5.66. The summed E-state index contributed by atoms with van der Waals surface area (Å²) in [5.74, 6) is 0.908. The molecule has 4 heteroatoms. The summed E-state index contributed by atoms with van der Waals surface area (Å²) in [6, 6.07) is 11.9. The maximum Gasteiger partial charge on any atom is 0.119 e. The van der Waals surface area contributed by atoms with Gasteiger partial charge in [0.2, 0.25) is 0 Å². The second-order valence-electron chi connectivity index (χ2n) is 4.82. The standard InChI is InChI=1S/C16H15Cl2NO/c1-2-20-12-4-6-15-10(7-12)8-16(19-15)13-9-11(17)3-5-14(13)18/h3-7,9,16,19H,2,8H2,1H3. The molecular formula is C16H15Cl2NO. The molecule has 2 nitrogen and oxygen atoms in total. The Hall–Kier alpha value is -1.38. The highest BCUT2D eigenvalue weighted by atomic mass is 35.5. The van der Waals surface area contributed by atoms with Crippen LogP contribution < -0.4 is 10.1 Å². The number of anilines is 1. The molecule has 0 spiro atoms. The van der Waals surface area contributed by atoms with Crippen LogP contribution in [0.2, 0.25) is 10.0 Å². The van der Waals surface area contributed by atoms with E-state index in [9.17, 15) is 0 Å². The van der Waals surface area contributed by atoms with Gasteiger partial charge in [-0.1, -0.05) is 23.2 Å². The van der Waals surface area contributed by atoms with Gasteiger partial charge in [-0.15, -0.1) is 0 Å². The highest BCUT2D eigenvalue weighted by Crippen LogP contribution is 2.39. The molecule has 0 aliphatic carbocycles. The third-order valence-corrected chi connectivity index (χ3v) is 4.05. The highest BCUT2D eigenvalue weighted by Gasteiger charge is 2.24. The first-order valence-corrected chi connectivity index (χ1v) is 7.40. The van der Waals surface area contributed by atoms with Crippen molar-refractivity contribution in [1.82, 2.24) is 0 Å². The minimum absolute atomic E-state index is 0.160. The van der Waals surface area contributed by atoms with Crippen LogP contribution >= 0.6 is 23.2 Å². The summed E-state index contributed by atoms with van der Waals surface area (Å²) in [7, 11) is 0. The van der Waals surface area contributed by atoms with Gasteiger partial charge < -0.3 is 10.1 Å². The maximum atomic E-state index is 6.28. The Balaban J connectivity index is 1.88. The maximum absolute atomic E-state index is 6.28. The van der Waals surface area contributed by atoms with E-state index in [2.05, 4.69) is 17.4 Å². The minimum atomic E-state index is 0.160. The average Bonchev–Trinajstić information content (AvgIpc) is 2.85. The lowest BCUT2D eigenvalue weighted by Crippen LogP contribution is -2.06. The topological polar surface area (TPSA) is 21.3 Å². The first kappa shape index (κ1) is 13.6. The summed E-state index contributed by atoms with van der Waals surface area (Å²) in [5, 5.41) is 4.94. The number of hydrogen-bond donors (Lipinski definition) is 1. The fourth-order valence-corrected chi connectivity index (χ4v) is 2.99. The monoisotopic (exact) mass is 307 g/mol. The number of nitrogens with one attached hydrogen (secondary N) is 1. The van der Waals surface area contributed by atoms with Crippen LogP contribution in [-0.4, -0.2) is 6.61 Å². The van der Waals surface area contributed by atoms with E-state index < -0.39 is 0 Å². The summed E-state index contributed by atoms with van der Waals surface area (Å²) >= 11 is 12.3. The quantitative estimate of drug-likeness (QED) is 0.851. The van der Waals surface area contributed by atoms with Crippen molar-refractivity contribution in [3.05, 3.63) is 57.6 Å². The molecule has 0 fully saturated rings. The summed E-state index contributed by atoms with van der Waals surface area (Å²) in [6.07, 6.45) is 0.885. The van der Waals surface area contributed by atoms with Gasteiger partial charge in [0.25, 0.3) is 0 Å². The molecule has 20 heavy (non-hydrogen) atoms. The molecule has 3 rings (SSSR count). The van der Waals surface area contributed by atoms with Crippen LogP contribution in [0, 0.1) is 0 Å². The SMILES string of the molecule is CCOc1ccc2c(c1)CC(c1cc(Cl)ccc1Cl)N2. The van der Waals surface area contributed by atoms with Gasteiger partial charge in [-0.3, -0.25) is 0 Å². The van der Waals surface area contributed by atoms with Gasteiger partial charge in [0.15, 0.2) is 0 Å². The van der Waals surface area contributed by atoms with Crippen LogP contribution in [0.3, 0.4) is 0 Å². The fourth-order valence-electron chi connectivity index (χ4n) is 2.56. The zero-order valence-corrected chi connectivity index (χ0v) is 12.6. The van der Waals surface area contributed by atoms with Gasteiger partial charge in [-0.05, 0) is 60.9 Å². The number of hydrogen-bond acceptors (Lipinski definition) is 2. The summed E-state index contributed by atoms with van der Waals surface area (Å²) in [5.41, 5.74) is 3.42. The van der Waals surface area contributed by atoms with Gasteiger partial charge >= 0.3 is 0 Å². The highest BCUT2D eigenvalue weighted by molar-refractivity contribution is 6.33. The zero-order valence-electron chi connectivity index (χ0n) is 11.1. The summed E-state index contributed by atoms with van der Waals surface area (Å²) < 4.78 is 5.54. The summed E-state index contributed by atoms with van der Waals surface area (Å²) in [4.78, 5) is 0. The molecule has 1 aliphatic rings. The predicted octanol–water partition coefficient (Wildman–Crippen LogP) is 5.10. The number of fused-ring (bicyclic) bond motifs is 1. The molecule has 2 aromatic rings. The third-order valence-electron chi connectivity index (χ3n) is 3.47. The second kappa shape index (κ2) is 5.55. The molecule has 0 bridgehead atoms. The van der Waals surface area contributed by atoms with E-state index in [0.717, 1.165) is 28.4 Å².